The van der Waals surface area contributed by atoms with Crippen LogP contribution in [0.15, 0.2) is 6.20 Å². The number of imidazole rings is 1. The first kappa shape index (κ1) is 14.4. The maximum Gasteiger partial charge on any atom is 0.203 e. The van der Waals surface area contributed by atoms with Gasteiger partial charge in [-0.05, 0) is 52.2 Å². The second kappa shape index (κ2) is 6.94. The fourth-order valence-corrected chi connectivity index (χ4v) is 2.73. The molecule has 0 amide bonds. The minimum atomic E-state index is 0.802. The summed E-state index contributed by atoms with van der Waals surface area (Å²) >= 11 is 0. The third kappa shape index (κ3) is 4.23. The molecular formula is C15H28N4. The molecule has 2 heterocycles. The number of aryl methyl sites for hydroxylation is 1. The number of nitrogens with one attached hydrogen (secondary N) is 1. The SMILES string of the molecule is CCCCNc1nc(C)cn1CC1CCN(C)CC1. The lowest BCUT2D eigenvalue weighted by Gasteiger charge is -2.29. The molecule has 1 fully saturated rings. The fraction of sp³-hybridized carbons (Fsp3) is 0.800. The summed E-state index contributed by atoms with van der Waals surface area (Å²) in [6, 6.07) is 0. The van der Waals surface area contributed by atoms with Crippen LogP contribution in [-0.4, -0.2) is 41.1 Å². The van der Waals surface area contributed by atoms with Gasteiger partial charge in [-0.3, -0.25) is 0 Å². The summed E-state index contributed by atoms with van der Waals surface area (Å²) in [4.78, 5) is 7.03. The van der Waals surface area contributed by atoms with Crippen LogP contribution in [-0.2, 0) is 6.54 Å². The van der Waals surface area contributed by atoms with Crippen molar-refractivity contribution in [3.05, 3.63) is 11.9 Å². The Morgan fingerprint density at radius 3 is 2.79 bits per heavy atom. The molecule has 1 aliphatic rings. The number of anilines is 1. The Bertz CT molecular complexity index is 377. The molecule has 1 aromatic rings. The topological polar surface area (TPSA) is 33.1 Å². The minimum absolute atomic E-state index is 0.802. The second-order valence-electron chi connectivity index (χ2n) is 5.89. The molecule has 0 aliphatic carbocycles. The Hall–Kier alpha value is -1.03. The lowest BCUT2D eigenvalue weighted by atomic mass is 9.97. The van der Waals surface area contributed by atoms with E-state index >= 15 is 0 Å². The molecule has 0 saturated carbocycles. The van der Waals surface area contributed by atoms with Crippen molar-refractivity contribution in [1.82, 2.24) is 14.5 Å². The number of rotatable bonds is 6. The molecule has 108 valence electrons. The highest BCUT2D eigenvalue weighted by Gasteiger charge is 2.18. The standard InChI is InChI=1S/C15H28N4/c1-4-5-8-16-15-17-13(2)11-19(15)12-14-6-9-18(3)10-7-14/h11,14H,4-10,12H2,1-3H3,(H,16,17). The molecule has 0 radical (unpaired) electrons. The van der Waals surface area contributed by atoms with Gasteiger partial charge in [0.05, 0.1) is 5.69 Å². The number of hydrogen-bond donors (Lipinski definition) is 1. The summed E-state index contributed by atoms with van der Waals surface area (Å²) in [5.41, 5.74) is 1.12. The Kier molecular flexibility index (Phi) is 5.25. The van der Waals surface area contributed by atoms with Crippen molar-refractivity contribution in [2.75, 3.05) is 32.0 Å². The third-order valence-corrected chi connectivity index (χ3v) is 4.00. The average molecular weight is 264 g/mol. The van der Waals surface area contributed by atoms with Crippen LogP contribution in [0, 0.1) is 12.8 Å². The van der Waals surface area contributed by atoms with E-state index in [0.717, 1.165) is 30.6 Å². The van der Waals surface area contributed by atoms with Crippen molar-refractivity contribution in [3.63, 3.8) is 0 Å². The monoisotopic (exact) mass is 264 g/mol. The van der Waals surface area contributed by atoms with Crippen LogP contribution >= 0.6 is 0 Å². The zero-order chi connectivity index (χ0) is 13.7. The molecule has 0 bridgehead atoms. The molecule has 1 aromatic heterocycles. The highest BCUT2D eigenvalue weighted by molar-refractivity contribution is 5.28. The smallest absolute Gasteiger partial charge is 0.203 e. The zero-order valence-corrected chi connectivity index (χ0v) is 12.7. The van der Waals surface area contributed by atoms with E-state index in [1.165, 1.54) is 38.8 Å². The van der Waals surface area contributed by atoms with Crippen LogP contribution in [0.1, 0.15) is 38.3 Å². The van der Waals surface area contributed by atoms with Gasteiger partial charge in [-0.1, -0.05) is 13.3 Å². The van der Waals surface area contributed by atoms with Crippen LogP contribution in [0.3, 0.4) is 0 Å². The number of unbranched alkanes of at least 4 members (excludes halogenated alkanes) is 1. The van der Waals surface area contributed by atoms with Crippen LogP contribution in [0.5, 0.6) is 0 Å². The molecule has 4 heteroatoms. The van der Waals surface area contributed by atoms with E-state index in [-0.39, 0.29) is 0 Å². The van der Waals surface area contributed by atoms with Crippen molar-refractivity contribution >= 4 is 5.95 Å². The van der Waals surface area contributed by atoms with Gasteiger partial charge < -0.3 is 14.8 Å². The van der Waals surface area contributed by atoms with Gasteiger partial charge in [0.25, 0.3) is 0 Å². The highest BCUT2D eigenvalue weighted by Crippen LogP contribution is 2.20. The maximum absolute atomic E-state index is 4.60. The predicted octanol–water partition coefficient (Wildman–Crippen LogP) is 2.75. The van der Waals surface area contributed by atoms with Crippen molar-refractivity contribution in [2.45, 2.75) is 46.1 Å². The van der Waals surface area contributed by atoms with E-state index in [9.17, 15) is 0 Å². The van der Waals surface area contributed by atoms with Crippen LogP contribution < -0.4 is 5.32 Å². The Morgan fingerprint density at radius 2 is 2.11 bits per heavy atom. The number of piperidine rings is 1. The molecule has 2 rings (SSSR count). The lowest BCUT2D eigenvalue weighted by molar-refractivity contribution is 0.205. The Morgan fingerprint density at radius 1 is 1.37 bits per heavy atom. The molecular weight excluding hydrogens is 236 g/mol. The van der Waals surface area contributed by atoms with Gasteiger partial charge in [0, 0.05) is 19.3 Å². The van der Waals surface area contributed by atoms with Gasteiger partial charge >= 0.3 is 0 Å². The van der Waals surface area contributed by atoms with Crippen LogP contribution in [0.25, 0.3) is 0 Å². The summed E-state index contributed by atoms with van der Waals surface area (Å²) in [6.07, 6.45) is 7.23. The summed E-state index contributed by atoms with van der Waals surface area (Å²) < 4.78 is 2.32. The van der Waals surface area contributed by atoms with Crippen molar-refractivity contribution < 1.29 is 0 Å². The predicted molar refractivity (Wildman–Crippen MR) is 80.6 cm³/mol. The minimum Gasteiger partial charge on any atom is -0.356 e. The molecule has 0 unspecified atom stereocenters. The van der Waals surface area contributed by atoms with Gasteiger partial charge in [-0.25, -0.2) is 4.98 Å². The van der Waals surface area contributed by atoms with Gasteiger partial charge in [0.2, 0.25) is 5.95 Å². The molecule has 1 N–H and O–H groups in total. The molecule has 1 saturated heterocycles. The summed E-state index contributed by atoms with van der Waals surface area (Å²) in [5, 5.41) is 3.47. The largest absolute Gasteiger partial charge is 0.356 e. The van der Waals surface area contributed by atoms with E-state index < -0.39 is 0 Å². The summed E-state index contributed by atoms with van der Waals surface area (Å²) in [5.74, 6) is 1.86. The van der Waals surface area contributed by atoms with Gasteiger partial charge in [-0.2, -0.15) is 0 Å². The second-order valence-corrected chi connectivity index (χ2v) is 5.89. The maximum atomic E-state index is 4.60. The molecule has 4 nitrogen and oxygen atoms in total. The van der Waals surface area contributed by atoms with E-state index in [4.69, 9.17) is 0 Å². The van der Waals surface area contributed by atoms with Gasteiger partial charge in [0.15, 0.2) is 0 Å². The number of aromatic nitrogens is 2. The lowest BCUT2D eigenvalue weighted by Crippen LogP contribution is -2.32. The number of hydrogen-bond acceptors (Lipinski definition) is 3. The van der Waals surface area contributed by atoms with Crippen molar-refractivity contribution in [3.8, 4) is 0 Å². The molecule has 19 heavy (non-hydrogen) atoms. The van der Waals surface area contributed by atoms with Gasteiger partial charge in [-0.15, -0.1) is 0 Å². The van der Waals surface area contributed by atoms with E-state index in [2.05, 4.69) is 46.9 Å². The first-order valence-electron chi connectivity index (χ1n) is 7.65. The normalized spacial score (nSPS) is 17.8. The average Bonchev–Trinajstić information content (AvgIpc) is 2.73. The molecule has 0 spiro atoms. The molecule has 1 aliphatic heterocycles. The van der Waals surface area contributed by atoms with Gasteiger partial charge in [0.1, 0.15) is 0 Å². The first-order valence-corrected chi connectivity index (χ1v) is 7.65. The summed E-state index contributed by atoms with van der Waals surface area (Å²) in [6.45, 7) is 8.91. The number of likely N-dealkylation sites (tertiary alicyclic amines) is 1. The quantitative estimate of drug-likeness (QED) is 0.802. The van der Waals surface area contributed by atoms with Crippen molar-refractivity contribution in [1.29, 1.82) is 0 Å². The van der Waals surface area contributed by atoms with E-state index in [1.807, 2.05) is 0 Å². The van der Waals surface area contributed by atoms with Crippen LogP contribution in [0.2, 0.25) is 0 Å². The molecule has 0 atom stereocenters. The fourth-order valence-electron chi connectivity index (χ4n) is 2.73. The van der Waals surface area contributed by atoms with E-state index in [0.29, 0.717) is 0 Å². The Labute approximate surface area is 117 Å². The zero-order valence-electron chi connectivity index (χ0n) is 12.7. The van der Waals surface area contributed by atoms with E-state index in [1.54, 1.807) is 0 Å². The highest BCUT2D eigenvalue weighted by atomic mass is 15.2. The van der Waals surface area contributed by atoms with Crippen LogP contribution in [0.4, 0.5) is 5.95 Å². The number of nitrogens with zero attached hydrogens (tertiary/aromatic N) is 3. The molecule has 0 aromatic carbocycles. The first-order chi connectivity index (χ1) is 9.19. The van der Waals surface area contributed by atoms with Crippen molar-refractivity contribution in [2.24, 2.45) is 5.92 Å². The summed E-state index contributed by atoms with van der Waals surface area (Å²) in [7, 11) is 2.22. The third-order valence-electron chi connectivity index (χ3n) is 4.00. The Balaban J connectivity index is 1.91.